The van der Waals surface area contributed by atoms with E-state index in [1.807, 2.05) is 36.3 Å². The lowest BCUT2D eigenvalue weighted by Crippen LogP contribution is -2.16. The quantitative estimate of drug-likeness (QED) is 0.642. The van der Waals surface area contributed by atoms with Gasteiger partial charge in [-0.1, -0.05) is 17.7 Å². The van der Waals surface area contributed by atoms with Gasteiger partial charge in [0.15, 0.2) is 0 Å². The molecule has 0 aromatic heterocycles. The summed E-state index contributed by atoms with van der Waals surface area (Å²) in [6.45, 7) is 0.872. The Morgan fingerprint density at radius 1 is 1.46 bits per heavy atom. The lowest BCUT2D eigenvalue weighted by molar-refractivity contribution is 0.447. The van der Waals surface area contributed by atoms with Crippen molar-refractivity contribution in [2.75, 3.05) is 12.8 Å². The molecular weight excluding hydrogens is 184 g/mol. The average Bonchev–Trinajstić information content (AvgIpc) is 2.02. The molecule has 3 heteroatoms. The minimum absolute atomic E-state index is 0.781. The second-order valence-electron chi connectivity index (χ2n) is 3.31. The fourth-order valence-corrected chi connectivity index (χ4v) is 1.91. The maximum absolute atomic E-state index is 6.07. The number of halogens is 1. The van der Waals surface area contributed by atoms with Crippen LogP contribution in [-0.2, 0) is 6.54 Å². The zero-order valence-corrected chi connectivity index (χ0v) is 8.17. The highest BCUT2D eigenvalue weighted by Gasteiger charge is 2.13. The number of nitrogen functional groups attached to an aromatic ring is 1. The van der Waals surface area contributed by atoms with Crippen molar-refractivity contribution >= 4 is 22.3 Å². The third-order valence-corrected chi connectivity index (χ3v) is 2.44. The molecule has 0 spiro atoms. The summed E-state index contributed by atoms with van der Waals surface area (Å²) >= 11 is 6.07. The summed E-state index contributed by atoms with van der Waals surface area (Å²) in [5.41, 5.74) is 8.76. The van der Waals surface area contributed by atoms with E-state index in [1.165, 1.54) is 5.56 Å². The van der Waals surface area contributed by atoms with Gasteiger partial charge in [-0.3, -0.25) is 0 Å². The predicted octanol–water partition coefficient (Wildman–Crippen LogP) is 2.25. The van der Waals surface area contributed by atoms with Crippen molar-refractivity contribution < 1.29 is 0 Å². The second-order valence-corrected chi connectivity index (χ2v) is 3.72. The van der Waals surface area contributed by atoms with E-state index in [-0.39, 0.29) is 0 Å². The SMILES string of the molecule is CN1C=C(Cl)c2ccc(N)cc2C1. The smallest absolute Gasteiger partial charge is 0.0640 e. The predicted molar refractivity (Wildman–Crippen MR) is 56.2 cm³/mol. The van der Waals surface area contributed by atoms with Crippen molar-refractivity contribution in [1.82, 2.24) is 4.90 Å². The highest BCUT2D eigenvalue weighted by molar-refractivity contribution is 6.49. The van der Waals surface area contributed by atoms with Gasteiger partial charge in [-0.2, -0.15) is 0 Å². The number of nitrogens with zero attached hydrogens (tertiary/aromatic N) is 1. The van der Waals surface area contributed by atoms with Gasteiger partial charge in [-0.15, -0.1) is 0 Å². The summed E-state index contributed by atoms with van der Waals surface area (Å²) in [5.74, 6) is 0. The van der Waals surface area contributed by atoms with E-state index in [0.717, 1.165) is 22.8 Å². The molecule has 0 amide bonds. The largest absolute Gasteiger partial charge is 0.399 e. The summed E-state index contributed by atoms with van der Waals surface area (Å²) in [5, 5.41) is 0.781. The molecule has 0 saturated heterocycles. The second kappa shape index (κ2) is 2.96. The molecule has 0 radical (unpaired) electrons. The Balaban J connectivity index is 2.54. The van der Waals surface area contributed by atoms with Crippen LogP contribution >= 0.6 is 11.6 Å². The van der Waals surface area contributed by atoms with Crippen LogP contribution in [0.2, 0.25) is 0 Å². The van der Waals surface area contributed by atoms with Crippen molar-refractivity contribution in [3.05, 3.63) is 35.5 Å². The van der Waals surface area contributed by atoms with E-state index in [1.54, 1.807) is 0 Å². The number of rotatable bonds is 0. The average molecular weight is 195 g/mol. The van der Waals surface area contributed by atoms with E-state index < -0.39 is 0 Å². The molecule has 0 bridgehead atoms. The molecule has 1 aromatic rings. The minimum Gasteiger partial charge on any atom is -0.399 e. The van der Waals surface area contributed by atoms with Gasteiger partial charge in [0.25, 0.3) is 0 Å². The monoisotopic (exact) mass is 194 g/mol. The molecule has 0 fully saturated rings. The molecule has 1 aromatic carbocycles. The molecule has 2 N–H and O–H groups in total. The van der Waals surface area contributed by atoms with Crippen molar-refractivity contribution in [1.29, 1.82) is 0 Å². The third kappa shape index (κ3) is 1.49. The Morgan fingerprint density at radius 2 is 2.23 bits per heavy atom. The standard InChI is InChI=1S/C10H11ClN2/c1-13-5-7-4-8(12)2-3-9(7)10(11)6-13/h2-4,6H,5,12H2,1H3. The Kier molecular flexibility index (Phi) is 1.93. The lowest BCUT2D eigenvalue weighted by atomic mass is 10.0. The molecule has 13 heavy (non-hydrogen) atoms. The zero-order valence-electron chi connectivity index (χ0n) is 7.42. The summed E-state index contributed by atoms with van der Waals surface area (Å²) < 4.78 is 0. The van der Waals surface area contributed by atoms with Crippen LogP contribution in [-0.4, -0.2) is 11.9 Å². The number of nitrogens with two attached hydrogens (primary N) is 1. The van der Waals surface area contributed by atoms with Gasteiger partial charge in [-0.25, -0.2) is 0 Å². The van der Waals surface area contributed by atoms with E-state index in [0.29, 0.717) is 0 Å². The van der Waals surface area contributed by atoms with Gasteiger partial charge in [0.05, 0.1) is 5.03 Å². The Bertz CT molecular complexity index is 371. The van der Waals surface area contributed by atoms with Crippen molar-refractivity contribution in [2.45, 2.75) is 6.54 Å². The van der Waals surface area contributed by atoms with Crippen LogP contribution in [0, 0.1) is 0 Å². The maximum Gasteiger partial charge on any atom is 0.0640 e. The first kappa shape index (κ1) is 8.45. The van der Waals surface area contributed by atoms with E-state index >= 15 is 0 Å². The van der Waals surface area contributed by atoms with Crippen molar-refractivity contribution in [2.24, 2.45) is 0 Å². The fraction of sp³-hybridized carbons (Fsp3) is 0.200. The van der Waals surface area contributed by atoms with Gasteiger partial charge >= 0.3 is 0 Å². The molecule has 0 atom stereocenters. The number of benzene rings is 1. The molecular formula is C10H11ClN2. The topological polar surface area (TPSA) is 29.3 Å². The Labute approximate surface area is 82.6 Å². The Morgan fingerprint density at radius 3 is 3.00 bits per heavy atom. The minimum atomic E-state index is 0.781. The Hall–Kier alpha value is -1.15. The first-order chi connectivity index (χ1) is 6.16. The molecule has 0 unspecified atom stereocenters. The van der Waals surface area contributed by atoms with Gasteiger partial charge in [0.1, 0.15) is 0 Å². The van der Waals surface area contributed by atoms with Crippen LogP contribution in [0.1, 0.15) is 11.1 Å². The van der Waals surface area contributed by atoms with Gasteiger partial charge in [0.2, 0.25) is 0 Å². The van der Waals surface area contributed by atoms with Crippen LogP contribution in [0.3, 0.4) is 0 Å². The van der Waals surface area contributed by atoms with Crippen molar-refractivity contribution in [3.63, 3.8) is 0 Å². The zero-order chi connectivity index (χ0) is 9.42. The number of fused-ring (bicyclic) bond motifs is 1. The van der Waals surface area contributed by atoms with Gasteiger partial charge in [0, 0.05) is 25.5 Å². The summed E-state index contributed by atoms with van der Waals surface area (Å²) in [4.78, 5) is 2.05. The van der Waals surface area contributed by atoms with E-state index in [4.69, 9.17) is 17.3 Å². The highest BCUT2D eigenvalue weighted by Crippen LogP contribution is 2.29. The van der Waals surface area contributed by atoms with E-state index in [2.05, 4.69) is 0 Å². The fourth-order valence-electron chi connectivity index (χ4n) is 1.55. The molecule has 2 nitrogen and oxygen atoms in total. The maximum atomic E-state index is 6.07. The third-order valence-electron chi connectivity index (χ3n) is 2.14. The van der Waals surface area contributed by atoms with Crippen LogP contribution in [0.25, 0.3) is 5.03 Å². The van der Waals surface area contributed by atoms with Gasteiger partial charge < -0.3 is 10.6 Å². The lowest BCUT2D eigenvalue weighted by Gasteiger charge is -2.23. The van der Waals surface area contributed by atoms with Crippen molar-refractivity contribution in [3.8, 4) is 0 Å². The molecule has 2 rings (SSSR count). The van der Waals surface area contributed by atoms with Crippen LogP contribution in [0.5, 0.6) is 0 Å². The summed E-state index contributed by atoms with van der Waals surface area (Å²) in [7, 11) is 1.99. The summed E-state index contributed by atoms with van der Waals surface area (Å²) in [6.07, 6.45) is 1.93. The van der Waals surface area contributed by atoms with Gasteiger partial charge in [-0.05, 0) is 23.3 Å². The molecule has 1 heterocycles. The number of hydrogen-bond acceptors (Lipinski definition) is 2. The van der Waals surface area contributed by atoms with E-state index in [9.17, 15) is 0 Å². The van der Waals surface area contributed by atoms with Crippen LogP contribution in [0.4, 0.5) is 5.69 Å². The molecule has 0 aliphatic carbocycles. The normalized spacial score (nSPS) is 15.2. The van der Waals surface area contributed by atoms with Crippen LogP contribution < -0.4 is 5.73 Å². The molecule has 68 valence electrons. The molecule has 1 aliphatic rings. The number of hydrogen-bond donors (Lipinski definition) is 1. The highest BCUT2D eigenvalue weighted by atomic mass is 35.5. The molecule has 1 aliphatic heterocycles. The summed E-state index contributed by atoms with van der Waals surface area (Å²) in [6, 6.07) is 5.82. The number of anilines is 1. The molecule has 0 saturated carbocycles. The van der Waals surface area contributed by atoms with Crippen LogP contribution in [0.15, 0.2) is 24.4 Å². The first-order valence-electron chi connectivity index (χ1n) is 4.13. The first-order valence-corrected chi connectivity index (χ1v) is 4.51.